The number of benzene rings is 2. The minimum absolute atomic E-state index is 0.0425. The summed E-state index contributed by atoms with van der Waals surface area (Å²) in [5.41, 5.74) is -3.05. The fraction of sp³-hybridized carbons (Fsp3) is 0.273. The highest BCUT2D eigenvalue weighted by molar-refractivity contribution is 9.10. The van der Waals surface area contributed by atoms with E-state index >= 15 is 0 Å². The van der Waals surface area contributed by atoms with Crippen LogP contribution < -0.4 is 16.6 Å². The molecule has 3 aromatic rings. The first-order valence-corrected chi connectivity index (χ1v) is 10.6. The molecule has 1 heterocycles. The summed E-state index contributed by atoms with van der Waals surface area (Å²) in [5, 5.41) is 13.1. The van der Waals surface area contributed by atoms with Crippen LogP contribution in [-0.4, -0.2) is 21.3 Å². The fourth-order valence-corrected chi connectivity index (χ4v) is 4.00. The molecule has 3 rings (SSSR count). The second-order valence-electron chi connectivity index (χ2n) is 7.35. The van der Waals surface area contributed by atoms with Gasteiger partial charge < -0.3 is 10.4 Å². The van der Waals surface area contributed by atoms with Gasteiger partial charge in [-0.2, -0.15) is 13.2 Å². The minimum atomic E-state index is -4.83. The summed E-state index contributed by atoms with van der Waals surface area (Å²) in [7, 11) is 1.57. The molecule has 0 aliphatic carbocycles. The van der Waals surface area contributed by atoms with Gasteiger partial charge in [-0.25, -0.2) is 9.18 Å². The van der Waals surface area contributed by atoms with Gasteiger partial charge in [-0.15, -0.1) is 0 Å². The molecule has 2 N–H and O–H groups in total. The van der Waals surface area contributed by atoms with Gasteiger partial charge >= 0.3 is 11.9 Å². The van der Waals surface area contributed by atoms with Crippen molar-refractivity contribution in [3.63, 3.8) is 0 Å². The Balaban J connectivity index is 2.15. The summed E-state index contributed by atoms with van der Waals surface area (Å²) in [6, 6.07) is 8.23. The SMILES string of the molecule is CNC(Cn1c(=O)c(Br)c(C)n(Cc2c(F)cccc2C(F)(F)F)c1=O)c1ccccc1O. The average Bonchev–Trinajstić information content (AvgIpc) is 2.76. The summed E-state index contributed by atoms with van der Waals surface area (Å²) in [5.74, 6) is -1.18. The van der Waals surface area contributed by atoms with E-state index in [1.807, 2.05) is 0 Å². The van der Waals surface area contributed by atoms with Crippen LogP contribution in [0.25, 0.3) is 0 Å². The first kappa shape index (κ1) is 24.7. The van der Waals surface area contributed by atoms with Crippen molar-refractivity contribution in [1.29, 1.82) is 0 Å². The zero-order valence-electron chi connectivity index (χ0n) is 17.6. The molecule has 0 spiro atoms. The van der Waals surface area contributed by atoms with Crippen LogP contribution in [0.3, 0.4) is 0 Å². The van der Waals surface area contributed by atoms with Crippen molar-refractivity contribution in [2.24, 2.45) is 0 Å². The smallest absolute Gasteiger partial charge is 0.416 e. The second kappa shape index (κ2) is 9.52. The van der Waals surface area contributed by atoms with Crippen LogP contribution in [0.15, 0.2) is 56.5 Å². The molecule has 11 heteroatoms. The van der Waals surface area contributed by atoms with Gasteiger partial charge in [0.1, 0.15) is 16.0 Å². The van der Waals surface area contributed by atoms with Gasteiger partial charge in [0, 0.05) is 16.8 Å². The lowest BCUT2D eigenvalue weighted by Crippen LogP contribution is -2.44. The first-order valence-electron chi connectivity index (χ1n) is 9.76. The Bertz CT molecular complexity index is 1300. The molecule has 1 unspecified atom stereocenters. The number of likely N-dealkylation sites (N-methyl/N-ethyl adjacent to an activating group) is 1. The van der Waals surface area contributed by atoms with E-state index in [1.54, 1.807) is 25.2 Å². The Kier molecular flexibility index (Phi) is 7.13. The highest BCUT2D eigenvalue weighted by Gasteiger charge is 2.35. The van der Waals surface area contributed by atoms with Crippen molar-refractivity contribution < 1.29 is 22.7 Å². The van der Waals surface area contributed by atoms with E-state index in [9.17, 15) is 32.3 Å². The van der Waals surface area contributed by atoms with Crippen LogP contribution in [0.2, 0.25) is 0 Å². The molecule has 2 aromatic carbocycles. The number of halogens is 5. The number of hydrogen-bond donors (Lipinski definition) is 2. The van der Waals surface area contributed by atoms with Crippen molar-refractivity contribution in [2.45, 2.75) is 32.2 Å². The Labute approximate surface area is 194 Å². The highest BCUT2D eigenvalue weighted by Crippen LogP contribution is 2.33. The van der Waals surface area contributed by atoms with Gasteiger partial charge in [-0.1, -0.05) is 24.3 Å². The number of phenolic OH excluding ortho intramolecular Hbond substituents is 1. The lowest BCUT2D eigenvalue weighted by Gasteiger charge is -2.21. The van der Waals surface area contributed by atoms with E-state index in [1.165, 1.54) is 13.0 Å². The maximum Gasteiger partial charge on any atom is 0.416 e. The Morgan fingerprint density at radius 1 is 1.09 bits per heavy atom. The fourth-order valence-electron chi connectivity index (χ4n) is 3.57. The van der Waals surface area contributed by atoms with E-state index < -0.39 is 47.0 Å². The molecule has 0 aliphatic rings. The zero-order chi connectivity index (χ0) is 24.5. The molecule has 176 valence electrons. The second-order valence-corrected chi connectivity index (χ2v) is 8.14. The number of nitrogens with zero attached hydrogens (tertiary/aromatic N) is 2. The van der Waals surface area contributed by atoms with E-state index in [-0.39, 0.29) is 22.5 Å². The number of alkyl halides is 3. The predicted octanol–water partition coefficient (Wildman–Crippen LogP) is 3.95. The van der Waals surface area contributed by atoms with Gasteiger partial charge in [0.25, 0.3) is 5.56 Å². The Morgan fingerprint density at radius 3 is 2.36 bits per heavy atom. The number of aromatic hydroxyl groups is 1. The van der Waals surface area contributed by atoms with Crippen molar-refractivity contribution in [3.05, 3.63) is 96.0 Å². The van der Waals surface area contributed by atoms with Crippen LogP contribution in [0, 0.1) is 12.7 Å². The first-order chi connectivity index (χ1) is 15.5. The van der Waals surface area contributed by atoms with E-state index in [0.717, 1.165) is 27.3 Å². The van der Waals surface area contributed by atoms with E-state index in [2.05, 4.69) is 21.2 Å². The molecule has 0 amide bonds. The molecule has 0 fully saturated rings. The molecule has 6 nitrogen and oxygen atoms in total. The topological polar surface area (TPSA) is 76.3 Å². The molecule has 1 atom stereocenters. The largest absolute Gasteiger partial charge is 0.508 e. The van der Waals surface area contributed by atoms with Crippen LogP contribution in [0.4, 0.5) is 17.6 Å². The summed E-state index contributed by atoms with van der Waals surface area (Å²) >= 11 is 3.11. The molecule has 0 radical (unpaired) electrons. The minimum Gasteiger partial charge on any atom is -0.508 e. The number of para-hydroxylation sites is 1. The Morgan fingerprint density at radius 2 is 1.76 bits per heavy atom. The molecule has 1 aromatic heterocycles. The zero-order valence-corrected chi connectivity index (χ0v) is 19.2. The molecule has 0 aliphatic heterocycles. The van der Waals surface area contributed by atoms with Gasteiger partial charge in [0.05, 0.1) is 24.7 Å². The third kappa shape index (κ3) is 4.88. The van der Waals surface area contributed by atoms with Gasteiger partial charge in [0.2, 0.25) is 0 Å². The number of hydrogen-bond acceptors (Lipinski definition) is 4. The number of phenols is 1. The van der Waals surface area contributed by atoms with Gasteiger partial charge in [0.15, 0.2) is 0 Å². The van der Waals surface area contributed by atoms with Crippen molar-refractivity contribution >= 4 is 15.9 Å². The summed E-state index contributed by atoms with van der Waals surface area (Å²) < 4.78 is 56.5. The van der Waals surface area contributed by atoms with Crippen LogP contribution in [0.5, 0.6) is 5.75 Å². The third-order valence-corrected chi connectivity index (χ3v) is 6.30. The number of nitrogens with one attached hydrogen (secondary N) is 1. The lowest BCUT2D eigenvalue weighted by atomic mass is 10.1. The predicted molar refractivity (Wildman–Crippen MR) is 118 cm³/mol. The maximum absolute atomic E-state index is 14.4. The normalized spacial score (nSPS) is 12.7. The van der Waals surface area contributed by atoms with Crippen LogP contribution in [-0.2, 0) is 19.3 Å². The van der Waals surface area contributed by atoms with Crippen molar-refractivity contribution in [3.8, 4) is 5.75 Å². The standard InChI is InChI=1S/C22H20BrF4N3O3/c1-12-19(23)20(32)30(11-17(28-2)13-6-3-4-9-18(13)31)21(33)29(12)10-14-15(22(25,26)27)7-5-8-16(14)24/h3-9,17,28,31H,10-11H2,1-2H3. The quantitative estimate of drug-likeness (QED) is 0.474. The van der Waals surface area contributed by atoms with Crippen LogP contribution >= 0.6 is 15.9 Å². The molecular formula is C22H20BrF4N3O3. The van der Waals surface area contributed by atoms with Crippen LogP contribution in [0.1, 0.15) is 28.4 Å². The number of aromatic nitrogens is 2. The third-order valence-electron chi connectivity index (χ3n) is 5.38. The Hall–Kier alpha value is -2.92. The van der Waals surface area contributed by atoms with E-state index in [0.29, 0.717) is 5.56 Å². The molecule has 33 heavy (non-hydrogen) atoms. The summed E-state index contributed by atoms with van der Waals surface area (Å²) in [6.45, 7) is 0.420. The summed E-state index contributed by atoms with van der Waals surface area (Å²) in [4.78, 5) is 26.1. The maximum atomic E-state index is 14.4. The molecule has 0 bridgehead atoms. The van der Waals surface area contributed by atoms with E-state index in [4.69, 9.17) is 0 Å². The average molecular weight is 530 g/mol. The lowest BCUT2D eigenvalue weighted by molar-refractivity contribution is -0.138. The molecular weight excluding hydrogens is 510 g/mol. The highest BCUT2D eigenvalue weighted by atomic mass is 79.9. The van der Waals surface area contributed by atoms with Crippen molar-refractivity contribution in [1.82, 2.24) is 14.5 Å². The number of rotatable bonds is 6. The molecule has 0 saturated carbocycles. The monoisotopic (exact) mass is 529 g/mol. The van der Waals surface area contributed by atoms with Gasteiger partial charge in [-0.3, -0.25) is 13.9 Å². The van der Waals surface area contributed by atoms with Crippen molar-refractivity contribution in [2.75, 3.05) is 7.05 Å². The van der Waals surface area contributed by atoms with Gasteiger partial charge in [-0.05, 0) is 48.1 Å². The summed E-state index contributed by atoms with van der Waals surface area (Å²) in [6.07, 6.45) is -4.83. The molecule has 0 saturated heterocycles.